The van der Waals surface area contributed by atoms with Crippen LogP contribution < -0.4 is 14.8 Å². The number of alkyl halides is 1. The predicted octanol–water partition coefficient (Wildman–Crippen LogP) is 2.48. The molecule has 19 heavy (non-hydrogen) atoms. The van der Waals surface area contributed by atoms with E-state index in [0.717, 1.165) is 29.9 Å². The van der Waals surface area contributed by atoms with E-state index in [1.54, 1.807) is 0 Å². The third kappa shape index (κ3) is 4.31. The predicted molar refractivity (Wildman–Crippen MR) is 73.8 cm³/mol. The second-order valence-corrected chi connectivity index (χ2v) is 4.78. The normalized spacial score (nSPS) is 13.1. The molecule has 1 aromatic rings. The van der Waals surface area contributed by atoms with Gasteiger partial charge in [0.15, 0.2) is 11.5 Å². The zero-order valence-corrected chi connectivity index (χ0v) is 11.5. The average Bonchev–Trinajstić information content (AvgIpc) is 2.45. The Morgan fingerprint density at radius 2 is 2.00 bits per heavy atom. The Labute approximate surface area is 118 Å². The van der Waals surface area contributed by atoms with Crippen molar-refractivity contribution < 1.29 is 14.3 Å². The monoisotopic (exact) mass is 283 g/mol. The molecular formula is C14H18ClNO3. The van der Waals surface area contributed by atoms with Crippen LogP contribution in [-0.4, -0.2) is 25.0 Å². The Morgan fingerprint density at radius 1 is 1.21 bits per heavy atom. The van der Waals surface area contributed by atoms with Crippen LogP contribution in [0.3, 0.4) is 0 Å². The molecule has 104 valence electrons. The summed E-state index contributed by atoms with van der Waals surface area (Å²) in [5.41, 5.74) is 1.01. The van der Waals surface area contributed by atoms with Crippen molar-refractivity contribution in [1.82, 2.24) is 5.32 Å². The summed E-state index contributed by atoms with van der Waals surface area (Å²) >= 11 is 5.57. The number of unbranched alkanes of at least 4 members (excludes halogenated alkanes) is 1. The van der Waals surface area contributed by atoms with Crippen molar-refractivity contribution >= 4 is 17.5 Å². The van der Waals surface area contributed by atoms with Gasteiger partial charge < -0.3 is 14.8 Å². The van der Waals surface area contributed by atoms with Crippen molar-refractivity contribution in [1.29, 1.82) is 0 Å². The second-order valence-electron chi connectivity index (χ2n) is 4.40. The zero-order valence-electron chi connectivity index (χ0n) is 10.8. The van der Waals surface area contributed by atoms with Gasteiger partial charge in [0, 0.05) is 18.8 Å². The van der Waals surface area contributed by atoms with Crippen LogP contribution in [0.2, 0.25) is 0 Å². The first-order valence-corrected chi connectivity index (χ1v) is 7.04. The summed E-state index contributed by atoms with van der Waals surface area (Å²) in [4.78, 5) is 11.6. The Bertz CT molecular complexity index is 437. The standard InChI is InChI=1S/C14H18ClNO3/c15-6-2-1-3-14(17)16-10-11-4-5-12-13(9-11)19-8-7-18-12/h4-5,9H,1-3,6-8,10H2,(H,16,17). The SMILES string of the molecule is O=C(CCCCCl)NCc1ccc2c(c1)OCCO2. The molecule has 0 saturated carbocycles. The molecule has 0 radical (unpaired) electrons. The number of fused-ring (bicyclic) bond motifs is 1. The molecule has 0 bridgehead atoms. The Morgan fingerprint density at radius 3 is 2.79 bits per heavy atom. The molecule has 1 amide bonds. The van der Waals surface area contributed by atoms with E-state index in [4.69, 9.17) is 21.1 Å². The molecule has 0 saturated heterocycles. The van der Waals surface area contributed by atoms with Gasteiger partial charge in [-0.1, -0.05) is 6.07 Å². The Kier molecular flexibility index (Phi) is 5.33. The number of hydrogen-bond acceptors (Lipinski definition) is 3. The van der Waals surface area contributed by atoms with Gasteiger partial charge in [0.1, 0.15) is 13.2 Å². The first kappa shape index (κ1) is 14.0. The molecule has 1 aliphatic heterocycles. The number of ether oxygens (including phenoxy) is 2. The van der Waals surface area contributed by atoms with Crippen molar-refractivity contribution in [2.45, 2.75) is 25.8 Å². The molecule has 2 rings (SSSR count). The van der Waals surface area contributed by atoms with Gasteiger partial charge in [0.05, 0.1) is 0 Å². The minimum atomic E-state index is 0.0556. The molecule has 0 aliphatic carbocycles. The lowest BCUT2D eigenvalue weighted by atomic mass is 10.2. The van der Waals surface area contributed by atoms with E-state index in [2.05, 4.69) is 5.32 Å². The van der Waals surface area contributed by atoms with Gasteiger partial charge in [0.25, 0.3) is 0 Å². The van der Waals surface area contributed by atoms with Crippen LogP contribution in [0, 0.1) is 0 Å². The molecule has 0 aromatic heterocycles. The fraction of sp³-hybridized carbons (Fsp3) is 0.500. The topological polar surface area (TPSA) is 47.6 Å². The average molecular weight is 284 g/mol. The summed E-state index contributed by atoms with van der Waals surface area (Å²) in [6.07, 6.45) is 2.23. The zero-order chi connectivity index (χ0) is 13.5. The number of carbonyl (C=O) groups excluding carboxylic acids is 1. The van der Waals surface area contributed by atoms with Crippen LogP contribution in [0.1, 0.15) is 24.8 Å². The molecule has 1 aliphatic rings. The van der Waals surface area contributed by atoms with Crippen molar-refractivity contribution in [2.24, 2.45) is 0 Å². The highest BCUT2D eigenvalue weighted by Crippen LogP contribution is 2.30. The van der Waals surface area contributed by atoms with Crippen molar-refractivity contribution in [3.8, 4) is 11.5 Å². The van der Waals surface area contributed by atoms with E-state index < -0.39 is 0 Å². The second kappa shape index (κ2) is 7.24. The summed E-state index contributed by atoms with van der Waals surface area (Å²) in [7, 11) is 0. The summed E-state index contributed by atoms with van der Waals surface area (Å²) in [6, 6.07) is 5.73. The minimum absolute atomic E-state index is 0.0556. The lowest BCUT2D eigenvalue weighted by Gasteiger charge is -2.18. The number of nitrogens with one attached hydrogen (secondary N) is 1. The van der Waals surface area contributed by atoms with Gasteiger partial charge in [-0.15, -0.1) is 11.6 Å². The molecule has 5 heteroatoms. The number of benzene rings is 1. The van der Waals surface area contributed by atoms with Crippen LogP contribution in [0.15, 0.2) is 18.2 Å². The van der Waals surface area contributed by atoms with E-state index in [-0.39, 0.29) is 5.91 Å². The molecule has 1 aromatic carbocycles. The molecule has 0 unspecified atom stereocenters. The first-order valence-electron chi connectivity index (χ1n) is 6.51. The number of rotatable bonds is 6. The van der Waals surface area contributed by atoms with Crippen molar-refractivity contribution in [3.63, 3.8) is 0 Å². The number of halogens is 1. The highest BCUT2D eigenvalue weighted by atomic mass is 35.5. The largest absolute Gasteiger partial charge is 0.486 e. The first-order chi connectivity index (χ1) is 9.29. The Hall–Kier alpha value is -1.42. The van der Waals surface area contributed by atoms with Gasteiger partial charge in [0.2, 0.25) is 5.91 Å². The Balaban J connectivity index is 1.81. The lowest BCUT2D eigenvalue weighted by molar-refractivity contribution is -0.121. The molecule has 0 atom stereocenters. The van der Waals surface area contributed by atoms with Gasteiger partial charge in [-0.05, 0) is 30.5 Å². The van der Waals surface area contributed by atoms with E-state index >= 15 is 0 Å². The van der Waals surface area contributed by atoms with Crippen LogP contribution in [0.25, 0.3) is 0 Å². The van der Waals surface area contributed by atoms with E-state index in [0.29, 0.717) is 32.1 Å². The third-order valence-corrected chi connectivity index (χ3v) is 3.15. The van der Waals surface area contributed by atoms with Crippen LogP contribution >= 0.6 is 11.6 Å². The van der Waals surface area contributed by atoms with Crippen LogP contribution in [-0.2, 0) is 11.3 Å². The smallest absolute Gasteiger partial charge is 0.220 e. The molecular weight excluding hydrogens is 266 g/mol. The maximum Gasteiger partial charge on any atom is 0.220 e. The minimum Gasteiger partial charge on any atom is -0.486 e. The number of carbonyl (C=O) groups is 1. The fourth-order valence-electron chi connectivity index (χ4n) is 1.87. The molecule has 4 nitrogen and oxygen atoms in total. The number of amides is 1. The maximum absolute atomic E-state index is 11.6. The molecule has 0 spiro atoms. The fourth-order valence-corrected chi connectivity index (χ4v) is 2.06. The van der Waals surface area contributed by atoms with Crippen molar-refractivity contribution in [2.75, 3.05) is 19.1 Å². The quantitative estimate of drug-likeness (QED) is 0.644. The summed E-state index contributed by atoms with van der Waals surface area (Å²) in [6.45, 7) is 1.67. The number of hydrogen-bond donors (Lipinski definition) is 1. The van der Waals surface area contributed by atoms with Gasteiger partial charge in [-0.25, -0.2) is 0 Å². The molecule has 0 fully saturated rings. The van der Waals surface area contributed by atoms with Gasteiger partial charge in [-0.3, -0.25) is 4.79 Å². The third-order valence-electron chi connectivity index (χ3n) is 2.88. The summed E-state index contributed by atoms with van der Waals surface area (Å²) in [5, 5.41) is 2.89. The van der Waals surface area contributed by atoms with E-state index in [9.17, 15) is 4.79 Å². The maximum atomic E-state index is 11.6. The highest BCUT2D eigenvalue weighted by Gasteiger charge is 2.11. The van der Waals surface area contributed by atoms with Crippen LogP contribution in [0.4, 0.5) is 0 Å². The van der Waals surface area contributed by atoms with Gasteiger partial charge >= 0.3 is 0 Å². The van der Waals surface area contributed by atoms with Gasteiger partial charge in [-0.2, -0.15) is 0 Å². The molecule has 1 N–H and O–H groups in total. The summed E-state index contributed by atoms with van der Waals surface area (Å²) in [5.74, 6) is 2.18. The lowest BCUT2D eigenvalue weighted by Crippen LogP contribution is -2.22. The van der Waals surface area contributed by atoms with E-state index in [1.165, 1.54) is 0 Å². The highest BCUT2D eigenvalue weighted by molar-refractivity contribution is 6.17. The summed E-state index contributed by atoms with van der Waals surface area (Å²) < 4.78 is 10.9. The van der Waals surface area contributed by atoms with Crippen molar-refractivity contribution in [3.05, 3.63) is 23.8 Å². The van der Waals surface area contributed by atoms with E-state index in [1.807, 2.05) is 18.2 Å². The van der Waals surface area contributed by atoms with Crippen LogP contribution in [0.5, 0.6) is 11.5 Å². The molecule has 1 heterocycles.